The summed E-state index contributed by atoms with van der Waals surface area (Å²) in [5.41, 5.74) is 3.41. The van der Waals surface area contributed by atoms with Gasteiger partial charge in [-0.15, -0.1) is 5.10 Å². The Morgan fingerprint density at radius 3 is 2.68 bits per heavy atom. The Morgan fingerprint density at radius 2 is 1.97 bits per heavy atom. The summed E-state index contributed by atoms with van der Waals surface area (Å²) in [6, 6.07) is 15.8. The topological polar surface area (TPSA) is 104 Å². The van der Waals surface area contributed by atoms with Gasteiger partial charge < -0.3 is 14.2 Å². The standard InChI is InChI=1S/C23H21BrN4O3/c1-3-29-18-9-15(17(24)10-19(18)30-12-14-7-5-4-6-8-14)21-16(11-25)22(26)31-23-20(21)13(2)27-28-23/h4-10,16,21,26H,3,12H2,1-2H3,(H,27,28). The van der Waals surface area contributed by atoms with Gasteiger partial charge >= 0.3 is 0 Å². The first-order chi connectivity index (χ1) is 15.0. The Balaban J connectivity index is 1.76. The molecule has 0 fully saturated rings. The number of halogens is 1. The summed E-state index contributed by atoms with van der Waals surface area (Å²) in [6.07, 6.45) is 0. The maximum Gasteiger partial charge on any atom is 0.243 e. The summed E-state index contributed by atoms with van der Waals surface area (Å²) in [5.74, 6) is 0.159. The van der Waals surface area contributed by atoms with Gasteiger partial charge in [-0.25, -0.2) is 0 Å². The fourth-order valence-electron chi connectivity index (χ4n) is 3.72. The lowest BCUT2D eigenvalue weighted by Crippen LogP contribution is -2.31. The molecular weight excluding hydrogens is 460 g/mol. The Hall–Kier alpha value is -3.31. The molecule has 2 N–H and O–H groups in total. The predicted octanol–water partition coefficient (Wildman–Crippen LogP) is 5.10. The van der Waals surface area contributed by atoms with Crippen LogP contribution in [0.5, 0.6) is 17.4 Å². The number of ether oxygens (including phenoxy) is 3. The van der Waals surface area contributed by atoms with Crippen LogP contribution in [-0.2, 0) is 6.61 Å². The van der Waals surface area contributed by atoms with E-state index in [1.165, 1.54) is 0 Å². The van der Waals surface area contributed by atoms with Gasteiger partial charge in [0.1, 0.15) is 12.5 Å². The quantitative estimate of drug-likeness (QED) is 0.510. The highest BCUT2D eigenvalue weighted by Gasteiger charge is 2.41. The molecule has 1 aliphatic rings. The van der Waals surface area contributed by atoms with Crippen molar-refractivity contribution < 1.29 is 14.2 Å². The van der Waals surface area contributed by atoms with E-state index < -0.39 is 11.8 Å². The Morgan fingerprint density at radius 1 is 1.23 bits per heavy atom. The molecule has 8 heteroatoms. The third-order valence-electron chi connectivity index (χ3n) is 5.17. The van der Waals surface area contributed by atoms with Crippen LogP contribution in [0.4, 0.5) is 0 Å². The lowest BCUT2D eigenvalue weighted by atomic mass is 9.79. The monoisotopic (exact) mass is 480 g/mol. The normalized spacial score (nSPS) is 17.4. The number of nitrogens with zero attached hydrogens (tertiary/aromatic N) is 2. The third-order valence-corrected chi connectivity index (χ3v) is 5.85. The summed E-state index contributed by atoms with van der Waals surface area (Å²) in [7, 11) is 0. The van der Waals surface area contributed by atoms with Crippen molar-refractivity contribution >= 4 is 21.8 Å². The number of nitrogens with one attached hydrogen (secondary N) is 2. The molecule has 0 saturated heterocycles. The lowest BCUT2D eigenvalue weighted by Gasteiger charge is -2.29. The first-order valence-corrected chi connectivity index (χ1v) is 10.7. The molecule has 0 radical (unpaired) electrons. The number of hydrogen-bond donors (Lipinski definition) is 2. The zero-order chi connectivity index (χ0) is 22.0. The van der Waals surface area contributed by atoms with Crippen molar-refractivity contribution in [3.8, 4) is 23.4 Å². The molecule has 2 heterocycles. The van der Waals surface area contributed by atoms with Crippen LogP contribution in [0.15, 0.2) is 46.9 Å². The van der Waals surface area contributed by atoms with Gasteiger partial charge in [-0.2, -0.15) is 5.26 Å². The predicted molar refractivity (Wildman–Crippen MR) is 119 cm³/mol. The average Bonchev–Trinajstić information content (AvgIpc) is 3.13. The van der Waals surface area contributed by atoms with E-state index >= 15 is 0 Å². The van der Waals surface area contributed by atoms with E-state index in [0.29, 0.717) is 30.6 Å². The van der Waals surface area contributed by atoms with E-state index in [4.69, 9.17) is 19.6 Å². The minimum Gasteiger partial charge on any atom is -0.490 e. The molecule has 1 aliphatic heterocycles. The number of rotatable bonds is 6. The summed E-state index contributed by atoms with van der Waals surface area (Å²) in [6.45, 7) is 4.65. The largest absolute Gasteiger partial charge is 0.490 e. The van der Waals surface area contributed by atoms with Crippen molar-refractivity contribution in [2.75, 3.05) is 6.61 Å². The van der Waals surface area contributed by atoms with Crippen LogP contribution < -0.4 is 14.2 Å². The van der Waals surface area contributed by atoms with E-state index in [9.17, 15) is 5.26 Å². The van der Waals surface area contributed by atoms with Gasteiger partial charge in [0, 0.05) is 21.6 Å². The van der Waals surface area contributed by atoms with E-state index in [2.05, 4.69) is 32.2 Å². The number of hydrogen-bond acceptors (Lipinski definition) is 6. The third kappa shape index (κ3) is 4.01. The maximum absolute atomic E-state index is 9.80. The van der Waals surface area contributed by atoms with Crippen molar-refractivity contribution in [2.45, 2.75) is 26.4 Å². The van der Waals surface area contributed by atoms with E-state index in [1.54, 1.807) is 0 Å². The average molecular weight is 481 g/mol. The molecule has 3 aromatic rings. The Labute approximate surface area is 188 Å². The molecule has 31 heavy (non-hydrogen) atoms. The van der Waals surface area contributed by atoms with Crippen molar-refractivity contribution in [3.63, 3.8) is 0 Å². The van der Waals surface area contributed by atoms with Crippen LogP contribution in [0.3, 0.4) is 0 Å². The molecule has 2 atom stereocenters. The first-order valence-electron chi connectivity index (χ1n) is 9.87. The first kappa shape index (κ1) is 20.9. The fraction of sp³-hybridized carbons (Fsp3) is 0.261. The summed E-state index contributed by atoms with van der Waals surface area (Å²) < 4.78 is 18.2. The van der Waals surface area contributed by atoms with Crippen LogP contribution >= 0.6 is 15.9 Å². The minimum absolute atomic E-state index is 0.124. The van der Waals surface area contributed by atoms with Gasteiger partial charge in [-0.05, 0) is 37.1 Å². The van der Waals surface area contributed by atoms with Crippen molar-refractivity contribution in [1.29, 1.82) is 10.7 Å². The van der Waals surface area contributed by atoms with Gasteiger partial charge in [0.05, 0.1) is 12.7 Å². The second kappa shape index (κ2) is 8.82. The van der Waals surface area contributed by atoms with Crippen LogP contribution in [0.1, 0.15) is 35.2 Å². The molecule has 2 unspecified atom stereocenters. The Bertz CT molecular complexity index is 1150. The summed E-state index contributed by atoms with van der Waals surface area (Å²) in [5, 5.41) is 25.1. The van der Waals surface area contributed by atoms with Crippen LogP contribution in [0.2, 0.25) is 0 Å². The zero-order valence-corrected chi connectivity index (χ0v) is 18.7. The zero-order valence-electron chi connectivity index (χ0n) is 17.1. The smallest absolute Gasteiger partial charge is 0.243 e. The van der Waals surface area contributed by atoms with Crippen LogP contribution in [0, 0.1) is 29.6 Å². The summed E-state index contributed by atoms with van der Waals surface area (Å²) in [4.78, 5) is 0. The molecule has 2 aromatic carbocycles. The number of aromatic nitrogens is 2. The highest BCUT2D eigenvalue weighted by Crippen LogP contribution is 2.47. The van der Waals surface area contributed by atoms with E-state index in [0.717, 1.165) is 26.9 Å². The number of fused-ring (bicyclic) bond motifs is 1. The van der Waals surface area contributed by atoms with Crippen LogP contribution in [0.25, 0.3) is 0 Å². The number of benzene rings is 2. The van der Waals surface area contributed by atoms with Gasteiger partial charge in [0.25, 0.3) is 0 Å². The number of aryl methyl sites for hydroxylation is 1. The molecule has 1 aromatic heterocycles. The van der Waals surface area contributed by atoms with Crippen LogP contribution in [-0.4, -0.2) is 22.7 Å². The molecule has 158 valence electrons. The lowest BCUT2D eigenvalue weighted by molar-refractivity contribution is 0.268. The van der Waals surface area contributed by atoms with Crippen molar-refractivity contribution in [2.24, 2.45) is 5.92 Å². The second-order valence-corrected chi connectivity index (χ2v) is 8.00. The number of nitriles is 1. The maximum atomic E-state index is 9.80. The van der Waals surface area contributed by atoms with E-state index in [-0.39, 0.29) is 5.90 Å². The van der Waals surface area contributed by atoms with E-state index in [1.807, 2.05) is 56.3 Å². The molecule has 0 amide bonds. The Kier molecular flexibility index (Phi) is 5.96. The second-order valence-electron chi connectivity index (χ2n) is 7.15. The molecule has 7 nitrogen and oxygen atoms in total. The minimum atomic E-state index is -0.786. The fourth-order valence-corrected chi connectivity index (χ4v) is 4.29. The molecule has 0 aliphatic carbocycles. The van der Waals surface area contributed by atoms with Crippen molar-refractivity contribution in [3.05, 3.63) is 69.3 Å². The highest BCUT2D eigenvalue weighted by atomic mass is 79.9. The van der Waals surface area contributed by atoms with Gasteiger partial charge in [0.2, 0.25) is 11.8 Å². The molecule has 0 spiro atoms. The summed E-state index contributed by atoms with van der Waals surface area (Å²) >= 11 is 3.65. The molecule has 0 saturated carbocycles. The molecule has 0 bridgehead atoms. The van der Waals surface area contributed by atoms with Gasteiger partial charge in [-0.1, -0.05) is 46.3 Å². The SMILES string of the molecule is CCOc1cc(C2c3c(n[nH]c3C)OC(=N)C2C#N)c(Br)cc1OCc1ccccc1. The number of H-pyrrole nitrogens is 1. The number of aromatic amines is 1. The molecular formula is C23H21BrN4O3. The van der Waals surface area contributed by atoms with Gasteiger partial charge in [-0.3, -0.25) is 10.5 Å². The molecule has 4 rings (SSSR count). The van der Waals surface area contributed by atoms with Crippen molar-refractivity contribution in [1.82, 2.24) is 10.2 Å². The highest BCUT2D eigenvalue weighted by molar-refractivity contribution is 9.10. The van der Waals surface area contributed by atoms with Gasteiger partial charge in [0.15, 0.2) is 11.5 Å².